The first kappa shape index (κ1) is 22.6. The largest absolute Gasteiger partial charge is 0.455 e. The SMILES string of the molecule is O=C(COC(=O)CNS(=O)(=O)/C=C/c1ccccc1)NC(=O)NC1CCCCC1. The predicted molar refractivity (Wildman–Crippen MR) is 107 cm³/mol. The van der Waals surface area contributed by atoms with E-state index in [2.05, 4.69) is 15.4 Å². The molecule has 2 rings (SSSR count). The maximum atomic E-state index is 11.8. The van der Waals surface area contributed by atoms with Gasteiger partial charge in [-0.05, 0) is 24.5 Å². The lowest BCUT2D eigenvalue weighted by Crippen LogP contribution is -2.46. The standard InChI is InChI=1S/C19H25N3O6S/c23-17(22-19(25)21-16-9-5-2-6-10-16)14-28-18(24)13-20-29(26,27)12-11-15-7-3-1-4-8-15/h1,3-4,7-8,11-12,16,20H,2,5-6,9-10,13-14H2,(H2,21,22,23,25)/b12-11+. The molecule has 0 spiro atoms. The zero-order valence-electron chi connectivity index (χ0n) is 15.9. The molecule has 0 aromatic heterocycles. The van der Waals surface area contributed by atoms with Crippen molar-refractivity contribution in [1.29, 1.82) is 0 Å². The van der Waals surface area contributed by atoms with Gasteiger partial charge in [-0.25, -0.2) is 17.9 Å². The zero-order valence-corrected chi connectivity index (χ0v) is 16.7. The highest BCUT2D eigenvalue weighted by molar-refractivity contribution is 7.92. The van der Waals surface area contributed by atoms with Gasteiger partial charge in [0.1, 0.15) is 6.54 Å². The molecule has 0 heterocycles. The number of hydrogen-bond donors (Lipinski definition) is 3. The van der Waals surface area contributed by atoms with Gasteiger partial charge in [0.25, 0.3) is 5.91 Å². The van der Waals surface area contributed by atoms with Gasteiger partial charge in [-0.2, -0.15) is 0 Å². The summed E-state index contributed by atoms with van der Waals surface area (Å²) >= 11 is 0. The van der Waals surface area contributed by atoms with Crippen molar-refractivity contribution >= 4 is 34.0 Å². The van der Waals surface area contributed by atoms with Gasteiger partial charge in [0.2, 0.25) is 10.0 Å². The number of urea groups is 1. The van der Waals surface area contributed by atoms with Crippen molar-refractivity contribution in [2.24, 2.45) is 0 Å². The van der Waals surface area contributed by atoms with Gasteiger partial charge in [-0.1, -0.05) is 49.6 Å². The fraction of sp³-hybridized carbons (Fsp3) is 0.421. The fourth-order valence-electron chi connectivity index (χ4n) is 2.77. The summed E-state index contributed by atoms with van der Waals surface area (Å²) in [5, 5.41) is 5.71. The first-order valence-electron chi connectivity index (χ1n) is 9.33. The summed E-state index contributed by atoms with van der Waals surface area (Å²) in [6, 6.07) is 8.18. The van der Waals surface area contributed by atoms with Gasteiger partial charge in [-0.15, -0.1) is 0 Å². The van der Waals surface area contributed by atoms with Crippen LogP contribution in [0.5, 0.6) is 0 Å². The zero-order chi connectivity index (χ0) is 21.1. The number of esters is 1. The molecule has 1 saturated carbocycles. The minimum Gasteiger partial charge on any atom is -0.455 e. The van der Waals surface area contributed by atoms with Crippen LogP contribution in [0.2, 0.25) is 0 Å². The van der Waals surface area contributed by atoms with Crippen molar-refractivity contribution in [3.05, 3.63) is 41.3 Å². The number of nitrogens with one attached hydrogen (secondary N) is 3. The van der Waals surface area contributed by atoms with E-state index < -0.39 is 41.1 Å². The number of sulfonamides is 1. The van der Waals surface area contributed by atoms with Gasteiger partial charge < -0.3 is 10.1 Å². The molecule has 0 bridgehead atoms. The van der Waals surface area contributed by atoms with E-state index in [9.17, 15) is 22.8 Å². The summed E-state index contributed by atoms with van der Waals surface area (Å²) in [4.78, 5) is 35.0. The van der Waals surface area contributed by atoms with E-state index in [4.69, 9.17) is 0 Å². The Morgan fingerprint density at radius 3 is 2.45 bits per heavy atom. The summed E-state index contributed by atoms with van der Waals surface area (Å²) in [6.07, 6.45) is 6.33. The molecule has 3 amide bonds. The van der Waals surface area contributed by atoms with E-state index in [-0.39, 0.29) is 6.04 Å². The molecule has 0 aliphatic heterocycles. The topological polar surface area (TPSA) is 131 Å². The molecule has 1 aromatic carbocycles. The van der Waals surface area contributed by atoms with Crippen LogP contribution in [0.3, 0.4) is 0 Å². The van der Waals surface area contributed by atoms with E-state index in [0.29, 0.717) is 5.56 Å². The smallest absolute Gasteiger partial charge is 0.321 e. The second-order valence-corrected chi connectivity index (χ2v) is 8.25. The third-order valence-electron chi connectivity index (χ3n) is 4.21. The predicted octanol–water partition coefficient (Wildman–Crippen LogP) is 1.28. The molecule has 1 aliphatic rings. The van der Waals surface area contributed by atoms with Crippen LogP contribution in [0.25, 0.3) is 6.08 Å². The molecule has 0 radical (unpaired) electrons. The van der Waals surface area contributed by atoms with Crippen LogP contribution in [-0.4, -0.2) is 45.5 Å². The first-order valence-corrected chi connectivity index (χ1v) is 10.9. The Morgan fingerprint density at radius 2 is 1.76 bits per heavy atom. The average molecular weight is 423 g/mol. The van der Waals surface area contributed by atoms with Crippen molar-refractivity contribution in [2.45, 2.75) is 38.1 Å². The summed E-state index contributed by atoms with van der Waals surface area (Å²) in [5.74, 6) is -1.73. The Bertz CT molecular complexity index is 833. The number of imide groups is 1. The molecule has 9 nitrogen and oxygen atoms in total. The molecule has 29 heavy (non-hydrogen) atoms. The van der Waals surface area contributed by atoms with Gasteiger partial charge >= 0.3 is 12.0 Å². The highest BCUT2D eigenvalue weighted by Gasteiger charge is 2.18. The van der Waals surface area contributed by atoms with Crippen LogP contribution in [-0.2, 0) is 24.3 Å². The van der Waals surface area contributed by atoms with Crippen LogP contribution < -0.4 is 15.4 Å². The number of ether oxygens (including phenoxy) is 1. The monoisotopic (exact) mass is 423 g/mol. The quantitative estimate of drug-likeness (QED) is 0.540. The molecule has 1 fully saturated rings. The maximum absolute atomic E-state index is 11.8. The molecular weight excluding hydrogens is 398 g/mol. The van der Waals surface area contributed by atoms with Gasteiger partial charge in [0, 0.05) is 11.4 Å². The van der Waals surface area contributed by atoms with Crippen molar-refractivity contribution in [2.75, 3.05) is 13.2 Å². The molecule has 10 heteroatoms. The van der Waals surface area contributed by atoms with Crippen molar-refractivity contribution < 1.29 is 27.5 Å². The summed E-state index contributed by atoms with van der Waals surface area (Å²) < 4.78 is 30.4. The molecule has 1 aliphatic carbocycles. The molecule has 0 atom stereocenters. The second kappa shape index (κ2) is 11.3. The third-order valence-corrected chi connectivity index (χ3v) is 5.26. The molecule has 0 saturated heterocycles. The number of rotatable bonds is 8. The van der Waals surface area contributed by atoms with Crippen LogP contribution in [0.4, 0.5) is 4.79 Å². The van der Waals surface area contributed by atoms with E-state index >= 15 is 0 Å². The minimum atomic E-state index is -3.84. The Kier molecular flexibility index (Phi) is 8.81. The summed E-state index contributed by atoms with van der Waals surface area (Å²) in [7, 11) is -3.84. The number of amides is 3. The van der Waals surface area contributed by atoms with E-state index in [1.54, 1.807) is 30.3 Å². The number of carbonyl (C=O) groups is 3. The first-order chi connectivity index (χ1) is 13.8. The lowest BCUT2D eigenvalue weighted by atomic mass is 9.96. The average Bonchev–Trinajstić information content (AvgIpc) is 2.71. The minimum absolute atomic E-state index is 0.0393. The third kappa shape index (κ3) is 9.35. The molecule has 1 aromatic rings. The van der Waals surface area contributed by atoms with Crippen LogP contribution in [0.15, 0.2) is 35.7 Å². The van der Waals surface area contributed by atoms with Crippen molar-refractivity contribution in [1.82, 2.24) is 15.4 Å². The fourth-order valence-corrected chi connectivity index (χ4v) is 3.52. The molecule has 3 N–H and O–H groups in total. The second-order valence-electron chi connectivity index (χ2n) is 6.60. The Labute approximate surface area is 169 Å². The Hall–Kier alpha value is -2.72. The highest BCUT2D eigenvalue weighted by Crippen LogP contribution is 2.17. The number of benzene rings is 1. The number of hydrogen-bond acceptors (Lipinski definition) is 6. The van der Waals surface area contributed by atoms with Gasteiger partial charge in [0.15, 0.2) is 6.61 Å². The highest BCUT2D eigenvalue weighted by atomic mass is 32.2. The van der Waals surface area contributed by atoms with Crippen LogP contribution in [0.1, 0.15) is 37.7 Å². The molecule has 0 unspecified atom stereocenters. The van der Waals surface area contributed by atoms with Crippen LogP contribution >= 0.6 is 0 Å². The van der Waals surface area contributed by atoms with Gasteiger partial charge in [-0.3, -0.25) is 14.9 Å². The Morgan fingerprint density at radius 1 is 1.07 bits per heavy atom. The Balaban J connectivity index is 1.66. The van der Waals surface area contributed by atoms with Gasteiger partial charge in [0.05, 0.1) is 0 Å². The molecular formula is C19H25N3O6S. The summed E-state index contributed by atoms with van der Waals surface area (Å²) in [5.41, 5.74) is 0.684. The van der Waals surface area contributed by atoms with Crippen molar-refractivity contribution in [3.8, 4) is 0 Å². The summed E-state index contributed by atoms with van der Waals surface area (Å²) in [6.45, 7) is -1.32. The van der Waals surface area contributed by atoms with E-state index in [1.165, 1.54) is 6.08 Å². The van der Waals surface area contributed by atoms with E-state index in [0.717, 1.165) is 37.5 Å². The normalized spacial score (nSPS) is 15.0. The van der Waals surface area contributed by atoms with E-state index in [1.807, 2.05) is 4.72 Å². The van der Waals surface area contributed by atoms with Crippen LogP contribution in [0, 0.1) is 0 Å². The lowest BCUT2D eigenvalue weighted by Gasteiger charge is -2.22. The number of carbonyl (C=O) groups excluding carboxylic acids is 3. The maximum Gasteiger partial charge on any atom is 0.321 e. The van der Waals surface area contributed by atoms with Crippen molar-refractivity contribution in [3.63, 3.8) is 0 Å². The lowest BCUT2D eigenvalue weighted by molar-refractivity contribution is -0.147. The molecule has 158 valence electrons.